The highest BCUT2D eigenvalue weighted by atomic mass is 127. The van der Waals surface area contributed by atoms with Crippen LogP contribution in [0, 0.1) is 17.4 Å². The molecule has 30 heavy (non-hydrogen) atoms. The molecular weight excluding hydrogens is 489 g/mol. The van der Waals surface area contributed by atoms with E-state index in [0.29, 0.717) is 12.5 Å². The summed E-state index contributed by atoms with van der Waals surface area (Å²) in [5.74, 6) is 0.663. The van der Waals surface area contributed by atoms with Crippen LogP contribution in [0.2, 0.25) is 0 Å². The van der Waals surface area contributed by atoms with Gasteiger partial charge in [-0.25, -0.2) is 9.79 Å². The highest BCUT2D eigenvalue weighted by Crippen LogP contribution is 2.22. The van der Waals surface area contributed by atoms with Crippen LogP contribution in [0.3, 0.4) is 0 Å². The van der Waals surface area contributed by atoms with E-state index in [2.05, 4.69) is 46.6 Å². The molecule has 1 aliphatic rings. The molecule has 0 fully saturated rings. The van der Waals surface area contributed by atoms with Crippen molar-refractivity contribution in [3.05, 3.63) is 104 Å². The van der Waals surface area contributed by atoms with E-state index in [1.54, 1.807) is 6.08 Å². The number of hydrogen-bond donors (Lipinski definition) is 0. The second-order valence-corrected chi connectivity index (χ2v) is 8.31. The van der Waals surface area contributed by atoms with Crippen LogP contribution in [0.5, 0.6) is 5.75 Å². The number of ether oxygens (including phenoxy) is 2. The van der Waals surface area contributed by atoms with Gasteiger partial charge in [0, 0.05) is 9.13 Å². The first-order valence-corrected chi connectivity index (χ1v) is 10.6. The number of aryl methyl sites for hydroxylation is 2. The SMILES string of the molecule is Cc1cccc(COc2ccc(/C=C3\N=C(c4ccc(I)c(C)c4)OC3=O)cc2)c1. The Morgan fingerprint density at radius 1 is 1.03 bits per heavy atom. The predicted molar refractivity (Wildman–Crippen MR) is 126 cm³/mol. The van der Waals surface area contributed by atoms with Gasteiger partial charge in [-0.15, -0.1) is 0 Å². The lowest BCUT2D eigenvalue weighted by atomic mass is 10.1. The summed E-state index contributed by atoms with van der Waals surface area (Å²) in [6.45, 7) is 4.59. The molecule has 0 spiro atoms. The van der Waals surface area contributed by atoms with Crippen molar-refractivity contribution in [1.29, 1.82) is 0 Å². The number of rotatable bonds is 5. The van der Waals surface area contributed by atoms with Gasteiger partial charge in [-0.1, -0.05) is 42.0 Å². The van der Waals surface area contributed by atoms with Gasteiger partial charge in [-0.3, -0.25) is 0 Å². The Hall–Kier alpha value is -2.93. The van der Waals surface area contributed by atoms with Gasteiger partial charge < -0.3 is 9.47 Å². The van der Waals surface area contributed by atoms with E-state index in [4.69, 9.17) is 9.47 Å². The summed E-state index contributed by atoms with van der Waals surface area (Å²) in [5.41, 5.74) is 5.39. The zero-order chi connectivity index (χ0) is 21.1. The number of cyclic esters (lactones) is 1. The van der Waals surface area contributed by atoms with Gasteiger partial charge in [0.15, 0.2) is 5.70 Å². The average molecular weight is 509 g/mol. The highest BCUT2D eigenvalue weighted by molar-refractivity contribution is 14.1. The van der Waals surface area contributed by atoms with Gasteiger partial charge in [0.05, 0.1) is 0 Å². The van der Waals surface area contributed by atoms with E-state index in [1.165, 1.54) is 5.56 Å². The lowest BCUT2D eigenvalue weighted by Crippen LogP contribution is -2.05. The molecule has 0 saturated carbocycles. The Kier molecular flexibility index (Phi) is 5.99. The van der Waals surface area contributed by atoms with Crippen LogP contribution in [0.25, 0.3) is 6.08 Å². The number of carbonyl (C=O) groups is 1. The third-order valence-electron chi connectivity index (χ3n) is 4.70. The van der Waals surface area contributed by atoms with E-state index in [-0.39, 0.29) is 5.70 Å². The molecule has 0 N–H and O–H groups in total. The molecule has 0 saturated heterocycles. The molecule has 1 aliphatic heterocycles. The van der Waals surface area contributed by atoms with Crippen molar-refractivity contribution in [3.8, 4) is 5.75 Å². The maximum atomic E-state index is 12.2. The third-order valence-corrected chi connectivity index (χ3v) is 5.91. The average Bonchev–Trinajstić information content (AvgIpc) is 3.10. The van der Waals surface area contributed by atoms with Crippen LogP contribution in [-0.4, -0.2) is 11.9 Å². The highest BCUT2D eigenvalue weighted by Gasteiger charge is 2.24. The van der Waals surface area contributed by atoms with E-state index in [1.807, 2.05) is 61.5 Å². The molecular formula is C25H20INO3. The van der Waals surface area contributed by atoms with Crippen molar-refractivity contribution in [2.75, 3.05) is 0 Å². The minimum Gasteiger partial charge on any atom is -0.489 e. The molecule has 0 radical (unpaired) electrons. The molecule has 0 unspecified atom stereocenters. The normalized spacial score (nSPS) is 14.6. The number of hydrogen-bond acceptors (Lipinski definition) is 4. The summed E-state index contributed by atoms with van der Waals surface area (Å²) in [6.07, 6.45) is 1.72. The molecule has 0 bridgehead atoms. The lowest BCUT2D eigenvalue weighted by molar-refractivity contribution is -0.129. The van der Waals surface area contributed by atoms with Gasteiger partial charge in [-0.05, 0) is 89.5 Å². The van der Waals surface area contributed by atoms with Crippen LogP contribution in [0.15, 0.2) is 77.4 Å². The maximum absolute atomic E-state index is 12.2. The van der Waals surface area contributed by atoms with Crippen molar-refractivity contribution in [1.82, 2.24) is 0 Å². The maximum Gasteiger partial charge on any atom is 0.363 e. The van der Waals surface area contributed by atoms with Crippen LogP contribution < -0.4 is 4.74 Å². The fourth-order valence-corrected chi connectivity index (χ4v) is 3.43. The monoisotopic (exact) mass is 509 g/mol. The zero-order valence-electron chi connectivity index (χ0n) is 16.7. The standard InChI is InChI=1S/C25H20INO3/c1-16-4-3-5-19(12-16)15-29-21-9-6-18(7-10-21)14-23-25(28)30-24(27-23)20-8-11-22(26)17(2)13-20/h3-14H,15H2,1-2H3/b23-14-. The first-order chi connectivity index (χ1) is 14.5. The molecule has 0 amide bonds. The molecule has 4 rings (SSSR count). The van der Waals surface area contributed by atoms with E-state index in [0.717, 1.165) is 31.6 Å². The fourth-order valence-electron chi connectivity index (χ4n) is 3.10. The number of esters is 1. The van der Waals surface area contributed by atoms with Crippen LogP contribution >= 0.6 is 22.6 Å². The van der Waals surface area contributed by atoms with Crippen molar-refractivity contribution in [2.24, 2.45) is 4.99 Å². The Morgan fingerprint density at radius 2 is 1.83 bits per heavy atom. The van der Waals surface area contributed by atoms with Crippen molar-refractivity contribution in [3.63, 3.8) is 0 Å². The van der Waals surface area contributed by atoms with Gasteiger partial charge in [-0.2, -0.15) is 0 Å². The fraction of sp³-hybridized carbons (Fsp3) is 0.120. The van der Waals surface area contributed by atoms with Gasteiger partial charge in [0.25, 0.3) is 0 Å². The van der Waals surface area contributed by atoms with Gasteiger partial charge in [0.1, 0.15) is 12.4 Å². The molecule has 1 heterocycles. The second kappa shape index (κ2) is 8.83. The number of benzene rings is 3. The van der Waals surface area contributed by atoms with E-state index in [9.17, 15) is 4.79 Å². The van der Waals surface area contributed by atoms with Crippen molar-refractivity contribution < 1.29 is 14.3 Å². The summed E-state index contributed by atoms with van der Waals surface area (Å²) < 4.78 is 12.4. The third kappa shape index (κ3) is 4.79. The molecule has 3 aromatic carbocycles. The van der Waals surface area contributed by atoms with Crippen LogP contribution in [0.4, 0.5) is 0 Å². The lowest BCUT2D eigenvalue weighted by Gasteiger charge is -2.07. The van der Waals surface area contributed by atoms with Crippen LogP contribution in [-0.2, 0) is 16.1 Å². The van der Waals surface area contributed by atoms with Crippen molar-refractivity contribution in [2.45, 2.75) is 20.5 Å². The van der Waals surface area contributed by atoms with Gasteiger partial charge in [0.2, 0.25) is 5.90 Å². The molecule has 150 valence electrons. The molecule has 0 aromatic heterocycles. The Morgan fingerprint density at radius 3 is 2.57 bits per heavy atom. The summed E-state index contributed by atoms with van der Waals surface area (Å²) in [5, 5.41) is 0. The van der Waals surface area contributed by atoms with E-state index < -0.39 is 5.97 Å². The first-order valence-electron chi connectivity index (χ1n) is 9.55. The number of carbonyl (C=O) groups excluding carboxylic acids is 1. The molecule has 0 atom stereocenters. The minimum atomic E-state index is -0.444. The Balaban J connectivity index is 1.46. The largest absolute Gasteiger partial charge is 0.489 e. The summed E-state index contributed by atoms with van der Waals surface area (Å²) >= 11 is 2.27. The van der Waals surface area contributed by atoms with Gasteiger partial charge >= 0.3 is 5.97 Å². The Labute approximate surface area is 189 Å². The number of halogens is 1. The van der Waals surface area contributed by atoms with Crippen molar-refractivity contribution >= 4 is 40.5 Å². The topological polar surface area (TPSA) is 47.9 Å². The minimum absolute atomic E-state index is 0.287. The summed E-state index contributed by atoms with van der Waals surface area (Å²) in [6, 6.07) is 21.7. The summed E-state index contributed by atoms with van der Waals surface area (Å²) in [4.78, 5) is 16.6. The predicted octanol–water partition coefficient (Wildman–Crippen LogP) is 5.83. The summed E-state index contributed by atoms with van der Waals surface area (Å²) in [7, 11) is 0. The quantitative estimate of drug-likeness (QED) is 0.247. The smallest absolute Gasteiger partial charge is 0.363 e. The molecule has 5 heteroatoms. The molecule has 3 aromatic rings. The second-order valence-electron chi connectivity index (χ2n) is 7.15. The zero-order valence-corrected chi connectivity index (χ0v) is 18.8. The molecule has 4 nitrogen and oxygen atoms in total. The number of aliphatic imine (C=N–C) groups is 1. The number of nitrogens with zero attached hydrogens (tertiary/aromatic N) is 1. The first kappa shape index (κ1) is 20.3. The van der Waals surface area contributed by atoms with Crippen LogP contribution in [0.1, 0.15) is 27.8 Å². The Bertz CT molecular complexity index is 1160. The molecule has 0 aliphatic carbocycles. The van der Waals surface area contributed by atoms with E-state index >= 15 is 0 Å².